The summed E-state index contributed by atoms with van der Waals surface area (Å²) >= 11 is 0. The molecule has 0 atom stereocenters. The first-order valence-corrected chi connectivity index (χ1v) is 14.1. The Morgan fingerprint density at radius 2 is 1.43 bits per heavy atom. The van der Waals surface area contributed by atoms with Crippen LogP contribution in [0.3, 0.4) is 0 Å². The maximum atomic E-state index is 5.23. The van der Waals surface area contributed by atoms with Crippen LogP contribution in [-0.2, 0) is 5.41 Å². The molecule has 2 aliphatic carbocycles. The average Bonchev–Trinajstić information content (AvgIpc) is 3.45. The van der Waals surface area contributed by atoms with Crippen molar-refractivity contribution in [2.45, 2.75) is 32.1 Å². The largest absolute Gasteiger partial charge is 0.278 e. The first-order chi connectivity index (χ1) is 19.6. The molecular formula is C37H29N3. The number of hydrogen-bond acceptors (Lipinski definition) is 2. The minimum atomic E-state index is -0.0863. The van der Waals surface area contributed by atoms with Crippen molar-refractivity contribution in [2.24, 2.45) is 0 Å². The second-order valence-electron chi connectivity index (χ2n) is 11.4. The lowest BCUT2D eigenvalue weighted by atomic mass is 9.82. The van der Waals surface area contributed by atoms with Crippen LogP contribution in [0.4, 0.5) is 0 Å². The van der Waals surface area contributed by atoms with Gasteiger partial charge in [-0.05, 0) is 64.9 Å². The molecular weight excluding hydrogens is 486 g/mol. The quantitative estimate of drug-likeness (QED) is 0.235. The van der Waals surface area contributed by atoms with Gasteiger partial charge in [0.25, 0.3) is 0 Å². The number of aromatic nitrogens is 3. The molecule has 2 heterocycles. The monoisotopic (exact) mass is 515 g/mol. The van der Waals surface area contributed by atoms with Crippen LogP contribution in [0.2, 0.25) is 0 Å². The molecule has 4 aromatic carbocycles. The van der Waals surface area contributed by atoms with Gasteiger partial charge in [0.1, 0.15) is 0 Å². The molecule has 0 amide bonds. The van der Waals surface area contributed by atoms with Crippen LogP contribution in [-0.4, -0.2) is 14.5 Å². The third-order valence-corrected chi connectivity index (χ3v) is 8.65. The number of allylic oxidation sites excluding steroid dienone is 4. The number of fused-ring (bicyclic) bond motifs is 6. The van der Waals surface area contributed by atoms with E-state index in [1.807, 2.05) is 6.07 Å². The molecule has 0 saturated carbocycles. The van der Waals surface area contributed by atoms with Gasteiger partial charge in [-0.25, -0.2) is 9.97 Å². The van der Waals surface area contributed by atoms with Crippen molar-refractivity contribution in [1.82, 2.24) is 14.5 Å². The van der Waals surface area contributed by atoms with E-state index in [0.717, 1.165) is 46.4 Å². The molecule has 3 heteroatoms. The zero-order chi connectivity index (χ0) is 26.8. The van der Waals surface area contributed by atoms with Gasteiger partial charge < -0.3 is 0 Å². The fourth-order valence-electron chi connectivity index (χ4n) is 6.62. The molecule has 0 N–H and O–H groups in total. The first kappa shape index (κ1) is 23.2. The number of nitrogens with zero attached hydrogens (tertiary/aromatic N) is 3. The molecule has 8 rings (SSSR count). The van der Waals surface area contributed by atoms with E-state index in [0.29, 0.717) is 5.95 Å². The fourth-order valence-corrected chi connectivity index (χ4v) is 6.62. The zero-order valence-electron chi connectivity index (χ0n) is 22.7. The number of para-hydroxylation sites is 1. The summed E-state index contributed by atoms with van der Waals surface area (Å²) in [5.74, 6) is 0.704. The predicted octanol–water partition coefficient (Wildman–Crippen LogP) is 9.28. The van der Waals surface area contributed by atoms with E-state index in [-0.39, 0.29) is 5.41 Å². The fraction of sp³-hybridized carbons (Fsp3) is 0.135. The highest BCUT2D eigenvalue weighted by Crippen LogP contribution is 2.50. The van der Waals surface area contributed by atoms with Gasteiger partial charge >= 0.3 is 0 Å². The van der Waals surface area contributed by atoms with E-state index in [1.165, 1.54) is 33.0 Å². The van der Waals surface area contributed by atoms with E-state index in [1.54, 1.807) is 0 Å². The molecule has 0 bridgehead atoms. The summed E-state index contributed by atoms with van der Waals surface area (Å²) in [5.41, 5.74) is 11.7. The number of benzene rings is 4. The molecule has 0 spiro atoms. The lowest BCUT2D eigenvalue weighted by Gasteiger charge is -2.21. The highest BCUT2D eigenvalue weighted by molar-refractivity contribution is 6.11. The van der Waals surface area contributed by atoms with Gasteiger partial charge in [-0.1, -0.05) is 105 Å². The summed E-state index contributed by atoms with van der Waals surface area (Å²) in [4.78, 5) is 10.4. The molecule has 0 fully saturated rings. The summed E-state index contributed by atoms with van der Waals surface area (Å²) in [6.07, 6.45) is 8.83. The second-order valence-corrected chi connectivity index (χ2v) is 11.4. The standard InChI is InChI=1S/C37H29N3/c1-37(2)30-19-11-9-17-26(30)28-21-29-27-18-10-12-20-34(27)40(35(29)22-31(28)37)36-38-32(24-13-5-3-6-14-24)23-33(39-36)25-15-7-4-8-16-25/h3,5-7,9-23H,4,8H2,1-2H3. The lowest BCUT2D eigenvalue weighted by molar-refractivity contribution is 0.661. The van der Waals surface area contributed by atoms with Crippen molar-refractivity contribution < 1.29 is 0 Å². The van der Waals surface area contributed by atoms with Crippen LogP contribution < -0.4 is 0 Å². The molecule has 2 aliphatic rings. The first-order valence-electron chi connectivity index (χ1n) is 14.1. The Labute approximate surface area is 234 Å². The molecule has 0 aliphatic heterocycles. The molecule has 0 unspecified atom stereocenters. The van der Waals surface area contributed by atoms with Gasteiger partial charge in [-0.15, -0.1) is 0 Å². The van der Waals surface area contributed by atoms with Gasteiger partial charge in [0, 0.05) is 21.8 Å². The molecule has 0 radical (unpaired) electrons. The third-order valence-electron chi connectivity index (χ3n) is 8.65. The van der Waals surface area contributed by atoms with Gasteiger partial charge in [0.15, 0.2) is 0 Å². The maximum absolute atomic E-state index is 5.23. The Morgan fingerprint density at radius 3 is 2.27 bits per heavy atom. The lowest BCUT2D eigenvalue weighted by Crippen LogP contribution is -2.15. The predicted molar refractivity (Wildman–Crippen MR) is 166 cm³/mol. The van der Waals surface area contributed by atoms with E-state index in [4.69, 9.17) is 9.97 Å². The maximum Gasteiger partial charge on any atom is 0.235 e. The van der Waals surface area contributed by atoms with Gasteiger partial charge in [-0.2, -0.15) is 0 Å². The number of rotatable bonds is 3. The Bertz CT molecular complexity index is 2020. The Hall–Kier alpha value is -4.76. The van der Waals surface area contributed by atoms with Gasteiger partial charge in [0.2, 0.25) is 5.95 Å². The molecule has 6 aromatic rings. The minimum Gasteiger partial charge on any atom is -0.278 e. The van der Waals surface area contributed by atoms with Gasteiger partial charge in [-0.3, -0.25) is 4.57 Å². The van der Waals surface area contributed by atoms with E-state index in [2.05, 4.69) is 128 Å². The topological polar surface area (TPSA) is 30.7 Å². The summed E-state index contributed by atoms with van der Waals surface area (Å²) < 4.78 is 2.27. The van der Waals surface area contributed by atoms with E-state index in [9.17, 15) is 0 Å². The van der Waals surface area contributed by atoms with Crippen molar-refractivity contribution in [1.29, 1.82) is 0 Å². The van der Waals surface area contributed by atoms with Crippen LogP contribution in [0.15, 0.2) is 115 Å². The third kappa shape index (κ3) is 3.37. The van der Waals surface area contributed by atoms with Crippen LogP contribution in [0.25, 0.3) is 55.7 Å². The summed E-state index contributed by atoms with van der Waals surface area (Å²) in [6.45, 7) is 4.67. The van der Waals surface area contributed by atoms with Crippen molar-refractivity contribution >= 4 is 27.4 Å². The normalized spacial score (nSPS) is 15.3. The van der Waals surface area contributed by atoms with Gasteiger partial charge in [0.05, 0.1) is 22.4 Å². The molecule has 0 saturated heterocycles. The summed E-state index contributed by atoms with van der Waals surface area (Å²) in [7, 11) is 0. The summed E-state index contributed by atoms with van der Waals surface area (Å²) in [5, 5.41) is 2.45. The number of hydrogen-bond donors (Lipinski definition) is 0. The van der Waals surface area contributed by atoms with Crippen molar-refractivity contribution in [3.63, 3.8) is 0 Å². The van der Waals surface area contributed by atoms with Crippen molar-refractivity contribution in [3.05, 3.63) is 132 Å². The van der Waals surface area contributed by atoms with E-state index < -0.39 is 0 Å². The minimum absolute atomic E-state index is 0.0863. The van der Waals surface area contributed by atoms with E-state index >= 15 is 0 Å². The Morgan fingerprint density at radius 1 is 0.650 bits per heavy atom. The van der Waals surface area contributed by atoms with Crippen LogP contribution in [0.1, 0.15) is 43.5 Å². The zero-order valence-corrected chi connectivity index (χ0v) is 22.7. The second kappa shape index (κ2) is 8.62. The van der Waals surface area contributed by atoms with Crippen molar-refractivity contribution in [3.8, 4) is 28.3 Å². The van der Waals surface area contributed by atoms with Crippen molar-refractivity contribution in [2.75, 3.05) is 0 Å². The SMILES string of the molecule is CC1(C)c2ccccc2-c2cc3c4ccccc4n(-c4nc(C5=CCCC=C5)cc(-c5ccccc5)n4)c3cc21. The molecule has 40 heavy (non-hydrogen) atoms. The Kier molecular flexibility index (Phi) is 4.99. The molecule has 2 aromatic heterocycles. The summed E-state index contributed by atoms with van der Waals surface area (Å²) in [6, 6.07) is 34.8. The molecule has 192 valence electrons. The molecule has 3 nitrogen and oxygen atoms in total. The highest BCUT2D eigenvalue weighted by atomic mass is 15.2. The van der Waals surface area contributed by atoms with Crippen LogP contribution in [0, 0.1) is 0 Å². The van der Waals surface area contributed by atoms with Crippen LogP contribution in [0.5, 0.6) is 0 Å². The Balaban J connectivity index is 1.45. The van der Waals surface area contributed by atoms with Crippen LogP contribution >= 0.6 is 0 Å². The average molecular weight is 516 g/mol. The smallest absolute Gasteiger partial charge is 0.235 e. The highest BCUT2D eigenvalue weighted by Gasteiger charge is 2.36.